The van der Waals surface area contributed by atoms with Crippen LogP contribution >= 0.6 is 15.9 Å². The van der Waals surface area contributed by atoms with Crippen molar-refractivity contribution in [1.29, 1.82) is 0 Å². The molecule has 2 aromatic carbocycles. The minimum Gasteiger partial charge on any atom is -0.481 e. The summed E-state index contributed by atoms with van der Waals surface area (Å²) in [4.78, 5) is 24.4. The standard InChI is InChI=1S/C19H19BrN2O3/c1-12(25-17-9-5-14(20)6-10-17)18(23)22-16-4-2-3-13(11-16)19(24)21-15-7-8-15/h2-6,9-12,15H,7-8H2,1H3,(H,21,24)(H,22,23)/t12-/m0/s1. The minimum absolute atomic E-state index is 0.113. The van der Waals surface area contributed by atoms with Crippen LogP contribution in [-0.2, 0) is 4.79 Å². The second-order valence-corrected chi connectivity index (χ2v) is 6.95. The molecular weight excluding hydrogens is 384 g/mol. The molecule has 0 bridgehead atoms. The maximum absolute atomic E-state index is 12.3. The number of carbonyl (C=O) groups is 2. The van der Waals surface area contributed by atoms with E-state index in [1.807, 2.05) is 12.1 Å². The topological polar surface area (TPSA) is 67.4 Å². The lowest BCUT2D eigenvalue weighted by atomic mass is 10.2. The molecule has 1 aliphatic rings. The smallest absolute Gasteiger partial charge is 0.265 e. The Kier molecular flexibility index (Phi) is 5.38. The highest BCUT2D eigenvalue weighted by molar-refractivity contribution is 9.10. The molecule has 0 aromatic heterocycles. The summed E-state index contributed by atoms with van der Waals surface area (Å²) in [6.45, 7) is 1.68. The van der Waals surface area contributed by atoms with Crippen molar-refractivity contribution in [2.45, 2.75) is 31.9 Å². The molecule has 1 aliphatic carbocycles. The Balaban J connectivity index is 1.59. The molecule has 25 heavy (non-hydrogen) atoms. The predicted molar refractivity (Wildman–Crippen MR) is 99.8 cm³/mol. The van der Waals surface area contributed by atoms with Crippen molar-refractivity contribution in [1.82, 2.24) is 5.32 Å². The average molecular weight is 403 g/mol. The fourth-order valence-electron chi connectivity index (χ4n) is 2.25. The Labute approximate surface area is 154 Å². The van der Waals surface area contributed by atoms with Gasteiger partial charge in [-0.2, -0.15) is 0 Å². The van der Waals surface area contributed by atoms with Crippen LogP contribution in [-0.4, -0.2) is 24.0 Å². The summed E-state index contributed by atoms with van der Waals surface area (Å²) in [7, 11) is 0. The first-order valence-corrected chi connectivity index (χ1v) is 8.94. The SMILES string of the molecule is C[C@H](Oc1ccc(Br)cc1)C(=O)Nc1cccc(C(=O)NC2CC2)c1. The predicted octanol–water partition coefficient (Wildman–Crippen LogP) is 3.75. The largest absolute Gasteiger partial charge is 0.481 e. The van der Waals surface area contributed by atoms with E-state index in [9.17, 15) is 9.59 Å². The third-order valence-electron chi connectivity index (χ3n) is 3.80. The number of anilines is 1. The highest BCUT2D eigenvalue weighted by Crippen LogP contribution is 2.20. The average Bonchev–Trinajstić information content (AvgIpc) is 3.41. The maximum Gasteiger partial charge on any atom is 0.265 e. The molecule has 0 spiro atoms. The summed E-state index contributed by atoms with van der Waals surface area (Å²) in [5.74, 6) is 0.226. The van der Waals surface area contributed by atoms with Gasteiger partial charge in [0.25, 0.3) is 11.8 Å². The van der Waals surface area contributed by atoms with Gasteiger partial charge >= 0.3 is 0 Å². The van der Waals surface area contributed by atoms with Gasteiger partial charge in [-0.15, -0.1) is 0 Å². The van der Waals surface area contributed by atoms with Crippen LogP contribution in [0.3, 0.4) is 0 Å². The second kappa shape index (κ2) is 7.70. The molecule has 2 aromatic rings. The van der Waals surface area contributed by atoms with E-state index in [1.54, 1.807) is 43.3 Å². The van der Waals surface area contributed by atoms with Crippen molar-refractivity contribution < 1.29 is 14.3 Å². The molecule has 5 nitrogen and oxygen atoms in total. The molecule has 0 radical (unpaired) electrons. The molecule has 0 saturated heterocycles. The molecule has 0 heterocycles. The monoisotopic (exact) mass is 402 g/mol. The van der Waals surface area contributed by atoms with Crippen LogP contribution in [0.2, 0.25) is 0 Å². The fourth-order valence-corrected chi connectivity index (χ4v) is 2.51. The third kappa shape index (κ3) is 5.06. The summed E-state index contributed by atoms with van der Waals surface area (Å²) >= 11 is 3.35. The molecule has 1 atom stereocenters. The summed E-state index contributed by atoms with van der Waals surface area (Å²) in [6, 6.07) is 14.5. The number of amides is 2. The molecule has 0 aliphatic heterocycles. The van der Waals surface area contributed by atoms with E-state index in [0.29, 0.717) is 23.0 Å². The van der Waals surface area contributed by atoms with Gasteiger partial charge < -0.3 is 15.4 Å². The molecule has 1 fully saturated rings. The number of carbonyl (C=O) groups excluding carboxylic acids is 2. The Morgan fingerprint density at radius 2 is 1.88 bits per heavy atom. The zero-order chi connectivity index (χ0) is 17.8. The van der Waals surface area contributed by atoms with Crippen molar-refractivity contribution in [2.75, 3.05) is 5.32 Å². The van der Waals surface area contributed by atoms with E-state index in [-0.39, 0.29) is 11.8 Å². The van der Waals surface area contributed by atoms with Crippen LogP contribution in [0.25, 0.3) is 0 Å². The summed E-state index contributed by atoms with van der Waals surface area (Å²) < 4.78 is 6.57. The maximum atomic E-state index is 12.3. The molecule has 2 amide bonds. The molecule has 6 heteroatoms. The van der Waals surface area contributed by atoms with Gasteiger partial charge in [0, 0.05) is 21.8 Å². The summed E-state index contributed by atoms with van der Waals surface area (Å²) in [5, 5.41) is 5.71. The highest BCUT2D eigenvalue weighted by atomic mass is 79.9. The molecule has 3 rings (SSSR count). The minimum atomic E-state index is -0.662. The van der Waals surface area contributed by atoms with Gasteiger partial charge in [-0.1, -0.05) is 22.0 Å². The lowest BCUT2D eigenvalue weighted by Gasteiger charge is -2.15. The normalized spacial score (nSPS) is 14.5. The van der Waals surface area contributed by atoms with Crippen LogP contribution in [0.4, 0.5) is 5.69 Å². The van der Waals surface area contributed by atoms with Gasteiger partial charge in [0.05, 0.1) is 0 Å². The van der Waals surface area contributed by atoms with Gasteiger partial charge in [-0.25, -0.2) is 0 Å². The quantitative estimate of drug-likeness (QED) is 0.772. The number of nitrogens with one attached hydrogen (secondary N) is 2. The number of hydrogen-bond acceptors (Lipinski definition) is 3. The Morgan fingerprint density at radius 3 is 2.56 bits per heavy atom. The van der Waals surface area contributed by atoms with Gasteiger partial charge in [-0.05, 0) is 62.2 Å². The molecule has 130 valence electrons. The van der Waals surface area contributed by atoms with E-state index in [2.05, 4.69) is 26.6 Å². The highest BCUT2D eigenvalue weighted by Gasteiger charge is 2.24. The van der Waals surface area contributed by atoms with Crippen molar-refractivity contribution >= 4 is 33.4 Å². The molecule has 0 unspecified atom stereocenters. The first-order chi connectivity index (χ1) is 12.0. The van der Waals surface area contributed by atoms with Crippen LogP contribution in [0, 0.1) is 0 Å². The number of benzene rings is 2. The third-order valence-corrected chi connectivity index (χ3v) is 4.33. The van der Waals surface area contributed by atoms with Gasteiger partial charge in [0.15, 0.2) is 6.10 Å². The van der Waals surface area contributed by atoms with Gasteiger partial charge in [0.1, 0.15) is 5.75 Å². The number of hydrogen-bond donors (Lipinski definition) is 2. The lowest BCUT2D eigenvalue weighted by molar-refractivity contribution is -0.122. The van der Waals surface area contributed by atoms with Crippen molar-refractivity contribution in [2.24, 2.45) is 0 Å². The second-order valence-electron chi connectivity index (χ2n) is 6.03. The van der Waals surface area contributed by atoms with Crippen LogP contribution in [0.1, 0.15) is 30.1 Å². The first kappa shape index (κ1) is 17.5. The first-order valence-electron chi connectivity index (χ1n) is 8.15. The summed E-state index contributed by atoms with van der Waals surface area (Å²) in [6.07, 6.45) is 1.41. The van der Waals surface area contributed by atoms with Crippen LogP contribution in [0.15, 0.2) is 53.0 Å². The Bertz CT molecular complexity index is 772. The van der Waals surface area contributed by atoms with Gasteiger partial charge in [0.2, 0.25) is 0 Å². The summed E-state index contributed by atoms with van der Waals surface area (Å²) in [5.41, 5.74) is 1.10. The Morgan fingerprint density at radius 1 is 1.16 bits per heavy atom. The molecule has 2 N–H and O–H groups in total. The van der Waals surface area contributed by atoms with Gasteiger partial charge in [-0.3, -0.25) is 9.59 Å². The lowest BCUT2D eigenvalue weighted by Crippen LogP contribution is -2.30. The molecular formula is C19H19BrN2O3. The number of halogens is 1. The van der Waals surface area contributed by atoms with Crippen LogP contribution in [0.5, 0.6) is 5.75 Å². The molecule has 1 saturated carbocycles. The van der Waals surface area contributed by atoms with E-state index in [1.165, 1.54) is 0 Å². The fraction of sp³-hybridized carbons (Fsp3) is 0.263. The number of ether oxygens (including phenoxy) is 1. The Hall–Kier alpha value is -2.34. The van der Waals surface area contributed by atoms with Crippen LogP contribution < -0.4 is 15.4 Å². The number of rotatable bonds is 6. The van der Waals surface area contributed by atoms with E-state index in [4.69, 9.17) is 4.74 Å². The van der Waals surface area contributed by atoms with E-state index < -0.39 is 6.10 Å². The van der Waals surface area contributed by atoms with Crippen molar-refractivity contribution in [3.05, 3.63) is 58.6 Å². The van der Waals surface area contributed by atoms with E-state index >= 15 is 0 Å². The zero-order valence-electron chi connectivity index (χ0n) is 13.8. The zero-order valence-corrected chi connectivity index (χ0v) is 15.4. The van der Waals surface area contributed by atoms with Crippen molar-refractivity contribution in [3.63, 3.8) is 0 Å². The van der Waals surface area contributed by atoms with E-state index in [0.717, 1.165) is 17.3 Å². The van der Waals surface area contributed by atoms with Crippen molar-refractivity contribution in [3.8, 4) is 5.75 Å².